The van der Waals surface area contributed by atoms with E-state index in [1.165, 1.54) is 0 Å². The Labute approximate surface area is 120 Å². The van der Waals surface area contributed by atoms with Crippen LogP contribution < -0.4 is 10.6 Å². The third-order valence-electron chi connectivity index (χ3n) is 3.64. The van der Waals surface area contributed by atoms with Gasteiger partial charge in [-0.1, -0.05) is 12.8 Å². The number of unbranched alkanes of at least 4 members (excludes halogenated alkanes) is 3. The van der Waals surface area contributed by atoms with Crippen LogP contribution in [0.4, 0.5) is 4.79 Å². The summed E-state index contributed by atoms with van der Waals surface area (Å²) in [7, 11) is 2.10. The summed E-state index contributed by atoms with van der Waals surface area (Å²) in [4.78, 5) is 24.1. The lowest BCUT2D eigenvalue weighted by Crippen LogP contribution is -2.39. The molecule has 1 fully saturated rings. The minimum Gasteiger partial charge on any atom is -0.481 e. The van der Waals surface area contributed by atoms with Crippen LogP contribution in [0.15, 0.2) is 0 Å². The highest BCUT2D eigenvalue weighted by Crippen LogP contribution is 2.12. The number of urea groups is 1. The number of carboxylic acid groups (broad SMARTS) is 1. The summed E-state index contributed by atoms with van der Waals surface area (Å²) >= 11 is 0. The largest absolute Gasteiger partial charge is 0.481 e. The van der Waals surface area contributed by atoms with Crippen LogP contribution in [0.1, 0.15) is 38.5 Å². The lowest BCUT2D eigenvalue weighted by atomic mass is 10.1. The van der Waals surface area contributed by atoms with Gasteiger partial charge in [0.15, 0.2) is 0 Å². The molecular formula is C14H27N3O3. The third kappa shape index (κ3) is 7.99. The lowest BCUT2D eigenvalue weighted by molar-refractivity contribution is -0.137. The number of nitrogens with zero attached hydrogens (tertiary/aromatic N) is 1. The highest BCUT2D eigenvalue weighted by atomic mass is 16.4. The lowest BCUT2D eigenvalue weighted by Gasteiger charge is -2.12. The zero-order chi connectivity index (χ0) is 14.8. The molecule has 1 rings (SSSR count). The molecule has 1 saturated heterocycles. The number of amides is 2. The summed E-state index contributed by atoms with van der Waals surface area (Å²) in [6.45, 7) is 3.58. The summed E-state index contributed by atoms with van der Waals surface area (Å²) in [6, 6.07) is -0.0925. The molecule has 2 amide bonds. The van der Waals surface area contributed by atoms with E-state index in [1.54, 1.807) is 0 Å². The van der Waals surface area contributed by atoms with Gasteiger partial charge < -0.3 is 20.6 Å². The molecule has 1 atom stereocenters. The summed E-state index contributed by atoms with van der Waals surface area (Å²) in [5.74, 6) is -0.165. The molecule has 6 heteroatoms. The maximum Gasteiger partial charge on any atom is 0.314 e. The molecule has 0 aromatic rings. The minimum atomic E-state index is -0.736. The van der Waals surface area contributed by atoms with Crippen molar-refractivity contribution in [3.8, 4) is 0 Å². The van der Waals surface area contributed by atoms with Gasteiger partial charge in [-0.2, -0.15) is 0 Å². The highest BCUT2D eigenvalue weighted by Gasteiger charge is 2.19. The van der Waals surface area contributed by atoms with Crippen LogP contribution in [0.25, 0.3) is 0 Å². The zero-order valence-electron chi connectivity index (χ0n) is 12.4. The van der Waals surface area contributed by atoms with Crippen LogP contribution in [0.3, 0.4) is 0 Å². The first kappa shape index (κ1) is 16.8. The fourth-order valence-electron chi connectivity index (χ4n) is 2.45. The fraction of sp³-hybridized carbons (Fsp3) is 0.857. The van der Waals surface area contributed by atoms with Crippen molar-refractivity contribution in [3.05, 3.63) is 0 Å². The van der Waals surface area contributed by atoms with Crippen LogP contribution in [-0.4, -0.2) is 55.2 Å². The Bertz CT molecular complexity index is 310. The van der Waals surface area contributed by atoms with Crippen molar-refractivity contribution in [2.45, 2.75) is 38.5 Å². The molecule has 0 radical (unpaired) electrons. The molecule has 0 aromatic carbocycles. The van der Waals surface area contributed by atoms with Crippen LogP contribution in [0.5, 0.6) is 0 Å². The quantitative estimate of drug-likeness (QED) is 0.557. The molecule has 0 spiro atoms. The molecule has 0 aliphatic carbocycles. The van der Waals surface area contributed by atoms with Crippen molar-refractivity contribution in [2.24, 2.45) is 5.92 Å². The van der Waals surface area contributed by atoms with Crippen molar-refractivity contribution in [1.29, 1.82) is 0 Å². The van der Waals surface area contributed by atoms with Crippen LogP contribution >= 0.6 is 0 Å². The van der Waals surface area contributed by atoms with Gasteiger partial charge in [0.25, 0.3) is 0 Å². The monoisotopic (exact) mass is 285 g/mol. The van der Waals surface area contributed by atoms with Crippen LogP contribution in [0.2, 0.25) is 0 Å². The van der Waals surface area contributed by atoms with Crippen molar-refractivity contribution in [1.82, 2.24) is 15.5 Å². The Balaban J connectivity index is 1.89. The second-order valence-electron chi connectivity index (χ2n) is 5.61. The first-order valence-corrected chi connectivity index (χ1v) is 7.50. The first-order valence-electron chi connectivity index (χ1n) is 7.50. The number of hydrogen-bond acceptors (Lipinski definition) is 3. The second-order valence-corrected chi connectivity index (χ2v) is 5.61. The van der Waals surface area contributed by atoms with E-state index in [2.05, 4.69) is 22.6 Å². The molecule has 1 aliphatic heterocycles. The van der Waals surface area contributed by atoms with Gasteiger partial charge in [-0.15, -0.1) is 0 Å². The van der Waals surface area contributed by atoms with Crippen molar-refractivity contribution in [3.63, 3.8) is 0 Å². The Hall–Kier alpha value is -1.30. The van der Waals surface area contributed by atoms with Crippen molar-refractivity contribution < 1.29 is 14.7 Å². The Morgan fingerprint density at radius 1 is 1.20 bits per heavy atom. The SMILES string of the molecule is CN1CCC(CNC(=O)NCCCCCCC(=O)O)C1. The van der Waals surface area contributed by atoms with E-state index < -0.39 is 5.97 Å². The van der Waals surface area contributed by atoms with Gasteiger partial charge in [-0.05, 0) is 38.8 Å². The van der Waals surface area contributed by atoms with E-state index >= 15 is 0 Å². The molecule has 1 heterocycles. The second kappa shape index (κ2) is 9.58. The Kier molecular flexibility index (Phi) is 8.02. The van der Waals surface area contributed by atoms with Gasteiger partial charge >= 0.3 is 12.0 Å². The molecule has 3 N–H and O–H groups in total. The Morgan fingerprint density at radius 2 is 1.95 bits per heavy atom. The van der Waals surface area contributed by atoms with E-state index in [4.69, 9.17) is 5.11 Å². The van der Waals surface area contributed by atoms with Gasteiger partial charge in [0.05, 0.1) is 0 Å². The molecule has 0 bridgehead atoms. The predicted molar refractivity (Wildman–Crippen MR) is 77.7 cm³/mol. The molecule has 116 valence electrons. The number of carboxylic acids is 1. The normalized spacial score (nSPS) is 18.9. The van der Waals surface area contributed by atoms with Gasteiger partial charge in [-0.3, -0.25) is 4.79 Å². The van der Waals surface area contributed by atoms with Crippen molar-refractivity contribution >= 4 is 12.0 Å². The predicted octanol–water partition coefficient (Wildman–Crippen LogP) is 1.27. The minimum absolute atomic E-state index is 0.0925. The first-order chi connectivity index (χ1) is 9.58. The molecule has 0 aromatic heterocycles. The molecule has 1 unspecified atom stereocenters. The maximum absolute atomic E-state index is 11.5. The maximum atomic E-state index is 11.5. The van der Waals surface area contributed by atoms with Crippen molar-refractivity contribution in [2.75, 3.05) is 33.2 Å². The summed E-state index contributed by atoms with van der Waals surface area (Å²) in [6.07, 6.45) is 4.88. The topological polar surface area (TPSA) is 81.7 Å². The van der Waals surface area contributed by atoms with E-state index in [1.807, 2.05) is 0 Å². The number of likely N-dealkylation sites (tertiary alicyclic amines) is 1. The molecule has 1 aliphatic rings. The number of carbonyl (C=O) groups excluding carboxylic acids is 1. The number of carbonyl (C=O) groups is 2. The summed E-state index contributed by atoms with van der Waals surface area (Å²) < 4.78 is 0. The van der Waals surface area contributed by atoms with Gasteiger partial charge in [0.2, 0.25) is 0 Å². The van der Waals surface area contributed by atoms with E-state index in [-0.39, 0.29) is 12.5 Å². The Morgan fingerprint density at radius 3 is 2.60 bits per heavy atom. The third-order valence-corrected chi connectivity index (χ3v) is 3.64. The fourth-order valence-corrected chi connectivity index (χ4v) is 2.45. The van der Waals surface area contributed by atoms with Gasteiger partial charge in [0, 0.05) is 26.1 Å². The number of aliphatic carboxylic acids is 1. The number of rotatable bonds is 9. The zero-order valence-corrected chi connectivity index (χ0v) is 12.4. The average molecular weight is 285 g/mol. The highest BCUT2D eigenvalue weighted by molar-refractivity contribution is 5.73. The molecule has 20 heavy (non-hydrogen) atoms. The van der Waals surface area contributed by atoms with E-state index in [9.17, 15) is 9.59 Å². The molecular weight excluding hydrogens is 258 g/mol. The molecule has 6 nitrogen and oxygen atoms in total. The summed E-state index contributed by atoms with van der Waals surface area (Å²) in [5, 5.41) is 14.2. The standard InChI is InChI=1S/C14H27N3O3/c1-17-9-7-12(11-17)10-16-14(20)15-8-5-3-2-4-6-13(18)19/h12H,2-11H2,1H3,(H,18,19)(H2,15,16,20). The van der Waals surface area contributed by atoms with Gasteiger partial charge in [0.1, 0.15) is 0 Å². The molecule has 0 saturated carbocycles. The van der Waals surface area contributed by atoms with Crippen LogP contribution in [0, 0.1) is 5.92 Å². The van der Waals surface area contributed by atoms with E-state index in [0.29, 0.717) is 12.5 Å². The smallest absolute Gasteiger partial charge is 0.314 e. The number of nitrogens with one attached hydrogen (secondary N) is 2. The average Bonchev–Trinajstić information content (AvgIpc) is 2.81. The van der Waals surface area contributed by atoms with Gasteiger partial charge in [-0.25, -0.2) is 4.79 Å². The van der Waals surface area contributed by atoms with Crippen LogP contribution in [-0.2, 0) is 4.79 Å². The van der Waals surface area contributed by atoms with E-state index in [0.717, 1.165) is 51.7 Å². The number of hydrogen-bond donors (Lipinski definition) is 3. The summed E-state index contributed by atoms with van der Waals surface area (Å²) in [5.41, 5.74) is 0.